The summed E-state index contributed by atoms with van der Waals surface area (Å²) in [5.74, 6) is 1.64. The van der Waals surface area contributed by atoms with Crippen molar-refractivity contribution < 1.29 is 0 Å². The van der Waals surface area contributed by atoms with Crippen molar-refractivity contribution in [3.05, 3.63) is 43.2 Å². The molecule has 0 radical (unpaired) electrons. The molecule has 5 heteroatoms. The highest BCUT2D eigenvalue weighted by Gasteiger charge is 2.24. The Morgan fingerprint density at radius 2 is 1.40 bits per heavy atom. The number of thioether (sulfide) groups is 1. The van der Waals surface area contributed by atoms with E-state index in [1.165, 1.54) is 4.52 Å². The summed E-state index contributed by atoms with van der Waals surface area (Å²) in [4.78, 5) is 23.7. The highest BCUT2D eigenvalue weighted by Crippen LogP contribution is 2.26. The first-order valence-corrected chi connectivity index (χ1v) is 5.94. The molecule has 0 saturated carbocycles. The van der Waals surface area contributed by atoms with Crippen LogP contribution in [0.3, 0.4) is 0 Å². The van der Waals surface area contributed by atoms with Gasteiger partial charge in [-0.15, -0.1) is 11.8 Å². The van der Waals surface area contributed by atoms with Crippen LogP contribution in [0.5, 0.6) is 0 Å². The molecule has 78 valence electrons. The van der Waals surface area contributed by atoms with Gasteiger partial charge in [0.2, 0.25) is 0 Å². The standard InChI is InChI=1S/C10H10N2O2S/c1-5-7-3-15-4-8-6(2)10(14)12(9(5)13)11(7)8/h3-4H2,1-2H3. The van der Waals surface area contributed by atoms with Crippen molar-refractivity contribution in [2.24, 2.45) is 0 Å². The van der Waals surface area contributed by atoms with E-state index in [1.54, 1.807) is 25.6 Å². The molecule has 2 aromatic rings. The van der Waals surface area contributed by atoms with Crippen LogP contribution in [0.25, 0.3) is 0 Å². The average Bonchev–Trinajstić information content (AvgIpc) is 2.64. The van der Waals surface area contributed by atoms with Gasteiger partial charge in [0.15, 0.2) is 0 Å². The molecule has 0 saturated heterocycles. The second kappa shape index (κ2) is 2.66. The second-order valence-corrected chi connectivity index (χ2v) is 4.86. The van der Waals surface area contributed by atoms with Gasteiger partial charge in [-0.05, 0) is 13.8 Å². The van der Waals surface area contributed by atoms with Gasteiger partial charge in [0.1, 0.15) is 0 Å². The van der Waals surface area contributed by atoms with Crippen molar-refractivity contribution >= 4 is 11.8 Å². The van der Waals surface area contributed by atoms with Crippen LogP contribution in [0.4, 0.5) is 0 Å². The van der Waals surface area contributed by atoms with Gasteiger partial charge in [0.25, 0.3) is 11.1 Å². The largest absolute Gasteiger partial charge is 0.277 e. The Morgan fingerprint density at radius 1 is 0.933 bits per heavy atom. The molecule has 3 heterocycles. The molecule has 0 N–H and O–H groups in total. The summed E-state index contributed by atoms with van der Waals surface area (Å²) in [6.45, 7) is 3.59. The van der Waals surface area contributed by atoms with Crippen LogP contribution in [-0.2, 0) is 11.5 Å². The molecule has 1 aliphatic heterocycles. The Hall–Kier alpha value is -1.23. The third-order valence-electron chi connectivity index (χ3n) is 3.08. The van der Waals surface area contributed by atoms with E-state index in [-0.39, 0.29) is 11.1 Å². The number of rotatable bonds is 0. The van der Waals surface area contributed by atoms with E-state index in [1.807, 2.05) is 4.52 Å². The van der Waals surface area contributed by atoms with E-state index >= 15 is 0 Å². The van der Waals surface area contributed by atoms with E-state index in [0.717, 1.165) is 22.9 Å². The summed E-state index contributed by atoms with van der Waals surface area (Å²) in [7, 11) is 0. The molecule has 0 bridgehead atoms. The molecule has 0 spiro atoms. The first-order valence-electron chi connectivity index (χ1n) is 4.79. The smallest absolute Gasteiger partial charge is 0.267 e. The molecular formula is C10H10N2O2S. The van der Waals surface area contributed by atoms with Crippen LogP contribution in [-0.4, -0.2) is 9.03 Å². The first-order chi connectivity index (χ1) is 7.13. The number of hydrogen-bond acceptors (Lipinski definition) is 3. The van der Waals surface area contributed by atoms with Crippen LogP contribution in [0.1, 0.15) is 22.5 Å². The Labute approximate surface area is 89.9 Å². The van der Waals surface area contributed by atoms with Crippen molar-refractivity contribution in [3.63, 3.8) is 0 Å². The average molecular weight is 222 g/mol. The van der Waals surface area contributed by atoms with Crippen molar-refractivity contribution in [1.82, 2.24) is 9.03 Å². The maximum Gasteiger partial charge on any atom is 0.277 e. The third-order valence-corrected chi connectivity index (χ3v) is 4.04. The molecule has 0 aliphatic carbocycles. The molecule has 3 rings (SSSR count). The summed E-state index contributed by atoms with van der Waals surface area (Å²) in [6.07, 6.45) is 0. The van der Waals surface area contributed by atoms with Gasteiger partial charge in [-0.2, -0.15) is 4.52 Å². The Balaban J connectivity index is 2.71. The molecule has 0 fully saturated rings. The van der Waals surface area contributed by atoms with Crippen molar-refractivity contribution in [2.45, 2.75) is 25.4 Å². The lowest BCUT2D eigenvalue weighted by Crippen LogP contribution is -2.23. The summed E-state index contributed by atoms with van der Waals surface area (Å²) in [5, 5.41) is 0. The van der Waals surface area contributed by atoms with E-state index in [4.69, 9.17) is 0 Å². The van der Waals surface area contributed by atoms with Gasteiger partial charge in [-0.25, -0.2) is 4.52 Å². The number of hydrogen-bond donors (Lipinski definition) is 0. The van der Waals surface area contributed by atoms with E-state index < -0.39 is 0 Å². The predicted molar refractivity (Wildman–Crippen MR) is 59.0 cm³/mol. The van der Waals surface area contributed by atoms with Crippen LogP contribution in [0.2, 0.25) is 0 Å². The molecule has 0 aromatic carbocycles. The Kier molecular flexibility index (Phi) is 1.60. The van der Waals surface area contributed by atoms with Crippen LogP contribution in [0, 0.1) is 13.8 Å². The van der Waals surface area contributed by atoms with Gasteiger partial charge < -0.3 is 0 Å². The van der Waals surface area contributed by atoms with Crippen LogP contribution >= 0.6 is 11.8 Å². The SMILES string of the molecule is Cc1c2n3c(c(C)c(=O)n3c1=O)CSC2. The monoisotopic (exact) mass is 222 g/mol. The Morgan fingerprint density at radius 3 is 1.87 bits per heavy atom. The highest BCUT2D eigenvalue weighted by atomic mass is 32.2. The van der Waals surface area contributed by atoms with Crippen molar-refractivity contribution in [2.75, 3.05) is 0 Å². The lowest BCUT2D eigenvalue weighted by atomic mass is 10.2. The summed E-state index contributed by atoms with van der Waals surface area (Å²) in [6, 6.07) is 0. The van der Waals surface area contributed by atoms with Gasteiger partial charge in [-0.3, -0.25) is 9.59 Å². The molecule has 4 nitrogen and oxygen atoms in total. The summed E-state index contributed by atoms with van der Waals surface area (Å²) < 4.78 is 3.08. The summed E-state index contributed by atoms with van der Waals surface area (Å²) in [5.41, 5.74) is 3.06. The van der Waals surface area contributed by atoms with E-state index in [0.29, 0.717) is 11.1 Å². The maximum absolute atomic E-state index is 11.9. The van der Waals surface area contributed by atoms with Gasteiger partial charge in [-0.1, -0.05) is 0 Å². The molecule has 2 aromatic heterocycles. The van der Waals surface area contributed by atoms with Gasteiger partial charge >= 0.3 is 0 Å². The van der Waals surface area contributed by atoms with Crippen molar-refractivity contribution in [1.29, 1.82) is 0 Å². The molecular weight excluding hydrogens is 212 g/mol. The quantitative estimate of drug-likeness (QED) is 0.654. The minimum atomic E-state index is -0.160. The maximum atomic E-state index is 11.9. The van der Waals surface area contributed by atoms with E-state index in [9.17, 15) is 9.59 Å². The zero-order valence-electron chi connectivity index (χ0n) is 8.53. The lowest BCUT2D eigenvalue weighted by molar-refractivity contribution is 0.755. The Bertz CT molecular complexity index is 615. The fourth-order valence-corrected chi connectivity index (χ4v) is 3.31. The fourth-order valence-electron chi connectivity index (χ4n) is 2.14. The lowest BCUT2D eigenvalue weighted by Gasteiger charge is -2.11. The van der Waals surface area contributed by atoms with Crippen LogP contribution in [0.15, 0.2) is 9.59 Å². The van der Waals surface area contributed by atoms with E-state index in [2.05, 4.69) is 0 Å². The normalized spacial score (nSPS) is 15.1. The summed E-state index contributed by atoms with van der Waals surface area (Å²) >= 11 is 1.75. The van der Waals surface area contributed by atoms with Gasteiger partial charge in [0, 0.05) is 22.6 Å². The zero-order chi connectivity index (χ0) is 10.7. The minimum Gasteiger partial charge on any atom is -0.267 e. The zero-order valence-corrected chi connectivity index (χ0v) is 9.35. The number of aromatic nitrogens is 2. The van der Waals surface area contributed by atoms with Crippen LogP contribution < -0.4 is 11.1 Å². The molecule has 15 heavy (non-hydrogen) atoms. The molecule has 0 amide bonds. The molecule has 0 unspecified atom stereocenters. The van der Waals surface area contributed by atoms with Crippen molar-refractivity contribution in [3.8, 4) is 0 Å². The van der Waals surface area contributed by atoms with Gasteiger partial charge in [0.05, 0.1) is 11.4 Å². The molecule has 1 aliphatic rings. The highest BCUT2D eigenvalue weighted by molar-refractivity contribution is 7.97. The number of nitrogens with zero attached hydrogens (tertiary/aromatic N) is 2. The first kappa shape index (κ1) is 9.03. The second-order valence-electron chi connectivity index (χ2n) is 3.87. The fraction of sp³-hybridized carbons (Fsp3) is 0.400. The molecule has 0 atom stereocenters. The third kappa shape index (κ3) is 0.891. The topological polar surface area (TPSA) is 43.0 Å². The minimum absolute atomic E-state index is 0.160. The predicted octanol–water partition coefficient (Wildman–Crippen LogP) is 0.561.